The highest BCUT2D eigenvalue weighted by Gasteiger charge is 2.56. The first kappa shape index (κ1) is 16.7. The maximum absolute atomic E-state index is 14.2. The molecule has 2 bridgehead atoms. The van der Waals surface area contributed by atoms with Gasteiger partial charge in [-0.1, -0.05) is 24.3 Å². The average molecular weight is 372 g/mol. The minimum atomic E-state index is -0.672. The van der Waals surface area contributed by atoms with Crippen molar-refractivity contribution in [2.75, 3.05) is 0 Å². The van der Waals surface area contributed by atoms with Gasteiger partial charge in [-0.2, -0.15) is 10.4 Å². The number of nitrogens with zero attached hydrogens (tertiary/aromatic N) is 4. The summed E-state index contributed by atoms with van der Waals surface area (Å²) < 4.78 is 28.4. The first-order chi connectivity index (χ1) is 13.6. The van der Waals surface area contributed by atoms with Crippen molar-refractivity contribution in [3.63, 3.8) is 0 Å². The summed E-state index contributed by atoms with van der Waals surface area (Å²) in [5, 5.41) is 17.7. The Morgan fingerprint density at radius 3 is 2.61 bits per heavy atom. The van der Waals surface area contributed by atoms with E-state index in [1.54, 1.807) is 18.2 Å². The van der Waals surface area contributed by atoms with Gasteiger partial charge in [-0.25, -0.2) is 13.8 Å². The molecule has 136 valence electrons. The van der Waals surface area contributed by atoms with Crippen LogP contribution in [0.2, 0.25) is 0 Å². The quantitative estimate of drug-likeness (QED) is 0.625. The largest absolute Gasteiger partial charge is 0.241 e. The molecule has 4 nitrogen and oxygen atoms in total. The molecule has 28 heavy (non-hydrogen) atoms. The van der Waals surface area contributed by atoms with Crippen molar-refractivity contribution in [3.8, 4) is 17.3 Å². The number of pyridine rings is 1. The molecule has 0 N–H and O–H groups in total. The Bertz CT molecular complexity index is 1180. The van der Waals surface area contributed by atoms with E-state index in [2.05, 4.69) is 27.8 Å². The van der Waals surface area contributed by atoms with Crippen LogP contribution in [0.3, 0.4) is 0 Å². The predicted octanol–water partition coefficient (Wildman–Crippen LogP) is 4.42. The van der Waals surface area contributed by atoms with E-state index in [0.29, 0.717) is 5.69 Å². The molecule has 3 aromatic rings. The Kier molecular flexibility index (Phi) is 3.44. The molecule has 0 saturated heterocycles. The van der Waals surface area contributed by atoms with Crippen LogP contribution in [-0.2, 0) is 5.41 Å². The summed E-state index contributed by atoms with van der Waals surface area (Å²) in [7, 11) is 0. The van der Waals surface area contributed by atoms with Crippen molar-refractivity contribution in [2.24, 2.45) is 0 Å². The second-order valence-corrected chi connectivity index (χ2v) is 7.17. The summed E-state index contributed by atoms with van der Waals surface area (Å²) in [6, 6.07) is 12.8. The van der Waals surface area contributed by atoms with E-state index >= 15 is 0 Å². The van der Waals surface area contributed by atoms with Gasteiger partial charge in [0.2, 0.25) is 0 Å². The van der Waals surface area contributed by atoms with Crippen LogP contribution >= 0.6 is 0 Å². The number of rotatable bonds is 2. The van der Waals surface area contributed by atoms with E-state index in [0.717, 1.165) is 35.4 Å². The van der Waals surface area contributed by atoms with E-state index in [4.69, 9.17) is 0 Å². The molecule has 1 saturated carbocycles. The van der Waals surface area contributed by atoms with Gasteiger partial charge < -0.3 is 0 Å². The van der Waals surface area contributed by atoms with Crippen molar-refractivity contribution in [1.29, 1.82) is 5.26 Å². The maximum atomic E-state index is 14.2. The fraction of sp³-hybridized carbons (Fsp3) is 0.182. The predicted molar refractivity (Wildman–Crippen MR) is 98.2 cm³/mol. The van der Waals surface area contributed by atoms with Gasteiger partial charge in [0.05, 0.1) is 28.1 Å². The number of benzene rings is 1. The van der Waals surface area contributed by atoms with Crippen molar-refractivity contribution < 1.29 is 8.78 Å². The fourth-order valence-electron chi connectivity index (χ4n) is 4.62. The third-order valence-corrected chi connectivity index (χ3v) is 5.90. The number of hydrogen-bond acceptors (Lipinski definition) is 4. The number of hydrogen-bond donors (Lipinski definition) is 0. The SMILES string of the molecule is C=C1[C@@H]2CC[C@@]1(c1cccc(C#N)n1)c1nnc(-c3c(F)cccc3F)cc12. The van der Waals surface area contributed by atoms with E-state index in [1.807, 2.05) is 6.07 Å². The second-order valence-electron chi connectivity index (χ2n) is 7.17. The zero-order valence-corrected chi connectivity index (χ0v) is 14.8. The van der Waals surface area contributed by atoms with Gasteiger partial charge in [0, 0.05) is 5.92 Å². The first-order valence-electron chi connectivity index (χ1n) is 8.95. The van der Waals surface area contributed by atoms with Crippen LogP contribution in [0.5, 0.6) is 0 Å². The van der Waals surface area contributed by atoms with Crippen LogP contribution in [0.25, 0.3) is 11.3 Å². The molecule has 0 spiro atoms. The Morgan fingerprint density at radius 2 is 1.86 bits per heavy atom. The molecule has 1 aromatic carbocycles. The van der Waals surface area contributed by atoms with Gasteiger partial charge in [-0.3, -0.25) is 0 Å². The topological polar surface area (TPSA) is 62.5 Å². The molecule has 2 aliphatic rings. The summed E-state index contributed by atoms with van der Waals surface area (Å²) in [5.74, 6) is -1.31. The van der Waals surface area contributed by atoms with Crippen LogP contribution in [0.1, 0.15) is 41.4 Å². The molecule has 0 aliphatic heterocycles. The zero-order chi connectivity index (χ0) is 19.5. The Labute approximate surface area is 160 Å². The monoisotopic (exact) mass is 372 g/mol. The number of allylic oxidation sites excluding steroid dienone is 1. The molecule has 0 amide bonds. The summed E-state index contributed by atoms with van der Waals surface area (Å²) in [6.45, 7) is 4.30. The highest BCUT2D eigenvalue weighted by atomic mass is 19.1. The molecule has 0 radical (unpaired) electrons. The Hall–Kier alpha value is -3.46. The van der Waals surface area contributed by atoms with Gasteiger partial charge in [-0.05, 0) is 48.7 Å². The van der Waals surface area contributed by atoms with Gasteiger partial charge >= 0.3 is 0 Å². The molecule has 2 heterocycles. The molecular weight excluding hydrogens is 358 g/mol. The lowest BCUT2D eigenvalue weighted by Crippen LogP contribution is -2.27. The van der Waals surface area contributed by atoms with Crippen LogP contribution in [0.4, 0.5) is 8.78 Å². The fourth-order valence-corrected chi connectivity index (χ4v) is 4.62. The lowest BCUT2D eigenvalue weighted by atomic mass is 9.78. The number of halogens is 2. The summed E-state index contributed by atoms with van der Waals surface area (Å²) in [4.78, 5) is 4.49. The molecule has 6 heteroatoms. The van der Waals surface area contributed by atoms with Crippen LogP contribution < -0.4 is 0 Å². The van der Waals surface area contributed by atoms with Crippen molar-refractivity contribution in [1.82, 2.24) is 15.2 Å². The number of fused-ring (bicyclic) bond motifs is 5. The average Bonchev–Trinajstić information content (AvgIpc) is 3.17. The second kappa shape index (κ2) is 5.77. The Morgan fingerprint density at radius 1 is 1.11 bits per heavy atom. The van der Waals surface area contributed by atoms with Gasteiger partial charge in [0.15, 0.2) is 0 Å². The zero-order valence-electron chi connectivity index (χ0n) is 14.8. The van der Waals surface area contributed by atoms with E-state index in [1.165, 1.54) is 18.2 Å². The van der Waals surface area contributed by atoms with Gasteiger partial charge in [0.1, 0.15) is 23.4 Å². The lowest BCUT2D eigenvalue weighted by Gasteiger charge is -2.27. The number of aromatic nitrogens is 3. The van der Waals surface area contributed by atoms with Crippen LogP contribution in [0, 0.1) is 23.0 Å². The maximum Gasteiger partial charge on any atom is 0.140 e. The minimum absolute atomic E-state index is 0.0339. The molecule has 2 atom stereocenters. The smallest absolute Gasteiger partial charge is 0.140 e. The highest BCUT2D eigenvalue weighted by Crippen LogP contribution is 2.62. The molecule has 1 fully saturated rings. The minimum Gasteiger partial charge on any atom is -0.241 e. The van der Waals surface area contributed by atoms with Crippen molar-refractivity contribution in [3.05, 3.63) is 88.9 Å². The molecule has 2 aromatic heterocycles. The van der Waals surface area contributed by atoms with E-state index in [-0.39, 0.29) is 17.2 Å². The summed E-state index contributed by atoms with van der Waals surface area (Å²) in [6.07, 6.45) is 1.61. The molecular formula is C22H14F2N4. The Balaban J connectivity index is 1.71. The molecule has 2 aliphatic carbocycles. The van der Waals surface area contributed by atoms with Gasteiger partial charge in [-0.15, -0.1) is 5.10 Å². The molecule has 5 rings (SSSR count). The first-order valence-corrected chi connectivity index (χ1v) is 8.95. The van der Waals surface area contributed by atoms with Gasteiger partial charge in [0.25, 0.3) is 0 Å². The third kappa shape index (κ3) is 2.04. The summed E-state index contributed by atoms with van der Waals surface area (Å²) >= 11 is 0. The van der Waals surface area contributed by atoms with Crippen molar-refractivity contribution >= 4 is 0 Å². The van der Waals surface area contributed by atoms with Crippen LogP contribution in [-0.4, -0.2) is 15.2 Å². The van der Waals surface area contributed by atoms with E-state index in [9.17, 15) is 14.0 Å². The van der Waals surface area contributed by atoms with Crippen LogP contribution in [0.15, 0.2) is 54.6 Å². The highest BCUT2D eigenvalue weighted by molar-refractivity contribution is 5.66. The molecule has 0 unspecified atom stereocenters. The number of nitriles is 1. The third-order valence-electron chi connectivity index (χ3n) is 5.90. The van der Waals surface area contributed by atoms with Crippen molar-refractivity contribution in [2.45, 2.75) is 24.2 Å². The van der Waals surface area contributed by atoms with E-state index < -0.39 is 17.0 Å². The lowest BCUT2D eigenvalue weighted by molar-refractivity contribution is 0.554. The summed E-state index contributed by atoms with van der Waals surface area (Å²) in [5.41, 5.74) is 2.99. The normalized spacial score (nSPS) is 22.2. The standard InChI is InChI=1S/C22H14F2N4/c1-12-14-8-9-22(12,19-7-2-4-13(11-25)26-19)21-15(14)10-18(27-28-21)20-16(23)5-3-6-17(20)24/h2-7,10,14H,1,8-9H2/t14-,22+/m0/s1.